The molecule has 8 nitrogen and oxygen atoms in total. The summed E-state index contributed by atoms with van der Waals surface area (Å²) in [6.07, 6.45) is -3.66. The van der Waals surface area contributed by atoms with Gasteiger partial charge in [-0.25, -0.2) is 4.79 Å². The number of halogens is 1. The Balaban J connectivity index is 1.84. The third kappa shape index (κ3) is 5.92. The Morgan fingerprint density at radius 3 is 2.56 bits per heavy atom. The molecule has 0 bridgehead atoms. The summed E-state index contributed by atoms with van der Waals surface area (Å²) in [5, 5.41) is 33.8. The quantitative estimate of drug-likeness (QED) is 0.467. The van der Waals surface area contributed by atoms with Gasteiger partial charge in [-0.05, 0) is 18.1 Å². The van der Waals surface area contributed by atoms with E-state index in [-0.39, 0.29) is 35.8 Å². The average Bonchev–Trinajstić information content (AvgIpc) is 2.66. The molecule has 2 atom stereocenters. The Hall–Kier alpha value is -2.68. The lowest BCUT2D eigenvalue weighted by Crippen LogP contribution is -2.30. The van der Waals surface area contributed by atoms with E-state index in [1.165, 1.54) is 18.2 Å². The summed E-state index contributed by atoms with van der Waals surface area (Å²) in [6, 6.07) is 13.1. The fourth-order valence-corrected chi connectivity index (χ4v) is 2.71. The predicted molar refractivity (Wildman–Crippen MR) is 98.3 cm³/mol. The molecule has 27 heavy (non-hydrogen) atoms. The van der Waals surface area contributed by atoms with Gasteiger partial charge in [-0.2, -0.15) is 0 Å². The number of alkyl carbamates (subject to hydrolysis) is 1. The van der Waals surface area contributed by atoms with Crippen LogP contribution in [0.5, 0.6) is 0 Å². The van der Waals surface area contributed by atoms with Gasteiger partial charge in [0.2, 0.25) is 0 Å². The van der Waals surface area contributed by atoms with Gasteiger partial charge in [-0.3, -0.25) is 10.1 Å². The van der Waals surface area contributed by atoms with Gasteiger partial charge in [0.15, 0.2) is 0 Å². The summed E-state index contributed by atoms with van der Waals surface area (Å²) < 4.78 is 5.02. The fourth-order valence-electron chi connectivity index (χ4n) is 2.42. The SMILES string of the molecule is O=C(NCCC(O)C(O)c1c(Cl)cccc1[N+](=O)[O-])OCc1ccccc1. The van der Waals surface area contributed by atoms with E-state index in [9.17, 15) is 25.1 Å². The van der Waals surface area contributed by atoms with Crippen molar-refractivity contribution in [3.05, 3.63) is 74.8 Å². The van der Waals surface area contributed by atoms with E-state index < -0.39 is 23.2 Å². The van der Waals surface area contributed by atoms with Crippen molar-refractivity contribution in [1.82, 2.24) is 5.32 Å². The number of amides is 1. The van der Waals surface area contributed by atoms with Crippen molar-refractivity contribution in [1.29, 1.82) is 0 Å². The van der Waals surface area contributed by atoms with Crippen LogP contribution in [0.1, 0.15) is 23.7 Å². The molecule has 2 unspecified atom stereocenters. The van der Waals surface area contributed by atoms with E-state index in [0.29, 0.717) is 0 Å². The van der Waals surface area contributed by atoms with Crippen molar-refractivity contribution in [2.24, 2.45) is 0 Å². The molecule has 0 saturated heterocycles. The molecule has 3 N–H and O–H groups in total. The van der Waals surface area contributed by atoms with Crippen LogP contribution in [0.15, 0.2) is 48.5 Å². The molecular formula is C18H19ClN2O6. The molecule has 9 heteroatoms. The molecule has 0 radical (unpaired) electrons. The number of hydrogen-bond donors (Lipinski definition) is 3. The maximum Gasteiger partial charge on any atom is 0.407 e. The number of nitro benzene ring substituents is 1. The van der Waals surface area contributed by atoms with Gasteiger partial charge in [0.25, 0.3) is 5.69 Å². The predicted octanol–water partition coefficient (Wildman–Crippen LogP) is 2.96. The number of carbonyl (C=O) groups excluding carboxylic acids is 1. The molecule has 0 spiro atoms. The normalized spacial score (nSPS) is 12.9. The van der Waals surface area contributed by atoms with Crippen LogP contribution in [0.4, 0.5) is 10.5 Å². The van der Waals surface area contributed by atoms with E-state index in [0.717, 1.165) is 5.56 Å². The highest BCUT2D eigenvalue weighted by molar-refractivity contribution is 6.31. The topological polar surface area (TPSA) is 122 Å². The first-order valence-electron chi connectivity index (χ1n) is 8.13. The van der Waals surface area contributed by atoms with Gasteiger partial charge in [0, 0.05) is 12.6 Å². The second-order valence-electron chi connectivity index (χ2n) is 5.72. The van der Waals surface area contributed by atoms with Crippen molar-refractivity contribution < 1.29 is 24.7 Å². The number of nitrogens with zero attached hydrogens (tertiary/aromatic N) is 1. The zero-order valence-electron chi connectivity index (χ0n) is 14.2. The summed E-state index contributed by atoms with van der Waals surface area (Å²) in [5.41, 5.74) is 0.279. The average molecular weight is 395 g/mol. The van der Waals surface area contributed by atoms with E-state index >= 15 is 0 Å². The van der Waals surface area contributed by atoms with Crippen LogP contribution in [-0.2, 0) is 11.3 Å². The van der Waals surface area contributed by atoms with E-state index in [1.54, 1.807) is 0 Å². The highest BCUT2D eigenvalue weighted by Gasteiger charge is 2.28. The van der Waals surface area contributed by atoms with Crippen molar-refractivity contribution in [2.75, 3.05) is 6.54 Å². The van der Waals surface area contributed by atoms with E-state index in [2.05, 4.69) is 5.32 Å². The molecule has 144 valence electrons. The summed E-state index contributed by atoms with van der Waals surface area (Å²) in [7, 11) is 0. The summed E-state index contributed by atoms with van der Waals surface area (Å²) in [6.45, 7) is 0.105. The van der Waals surface area contributed by atoms with Crippen molar-refractivity contribution in [2.45, 2.75) is 25.2 Å². The zero-order chi connectivity index (χ0) is 19.8. The molecule has 0 aliphatic rings. The van der Waals surface area contributed by atoms with Gasteiger partial charge < -0.3 is 20.3 Å². The Morgan fingerprint density at radius 2 is 1.89 bits per heavy atom. The van der Waals surface area contributed by atoms with Gasteiger partial charge in [0.05, 0.1) is 21.6 Å². The van der Waals surface area contributed by atoms with Crippen LogP contribution in [0.2, 0.25) is 5.02 Å². The standard InChI is InChI=1S/C18H19ClN2O6/c19-13-7-4-8-14(21(25)26)16(13)17(23)15(22)9-10-20-18(24)27-11-12-5-2-1-3-6-12/h1-8,15,17,22-23H,9-11H2,(H,20,24). The number of nitro groups is 1. The lowest BCUT2D eigenvalue weighted by atomic mass is 10.0. The Bertz CT molecular complexity index is 787. The number of carbonyl (C=O) groups is 1. The summed E-state index contributed by atoms with van der Waals surface area (Å²) in [5.74, 6) is 0. The second kappa shape index (κ2) is 9.86. The van der Waals surface area contributed by atoms with Gasteiger partial charge >= 0.3 is 6.09 Å². The molecule has 0 aliphatic heterocycles. The number of nitrogens with one attached hydrogen (secondary N) is 1. The van der Waals surface area contributed by atoms with E-state index in [4.69, 9.17) is 16.3 Å². The lowest BCUT2D eigenvalue weighted by Gasteiger charge is -2.19. The monoisotopic (exact) mass is 394 g/mol. The zero-order valence-corrected chi connectivity index (χ0v) is 15.0. The van der Waals surface area contributed by atoms with Crippen LogP contribution in [0, 0.1) is 10.1 Å². The molecule has 2 aromatic carbocycles. The maximum absolute atomic E-state index is 11.6. The number of benzene rings is 2. The van der Waals surface area contributed by atoms with Crippen molar-refractivity contribution >= 4 is 23.4 Å². The molecule has 2 rings (SSSR count). The molecule has 1 amide bonds. The van der Waals surface area contributed by atoms with Crippen LogP contribution in [0.25, 0.3) is 0 Å². The lowest BCUT2D eigenvalue weighted by molar-refractivity contribution is -0.386. The summed E-state index contributed by atoms with van der Waals surface area (Å²) >= 11 is 5.93. The van der Waals surface area contributed by atoms with Gasteiger partial charge in [-0.1, -0.05) is 48.0 Å². The molecule has 0 aromatic heterocycles. The molecule has 0 saturated carbocycles. The molecule has 2 aromatic rings. The highest BCUT2D eigenvalue weighted by Crippen LogP contribution is 2.34. The molecular weight excluding hydrogens is 376 g/mol. The van der Waals surface area contributed by atoms with Crippen LogP contribution >= 0.6 is 11.6 Å². The molecule has 0 heterocycles. The third-order valence-electron chi connectivity index (χ3n) is 3.81. The second-order valence-corrected chi connectivity index (χ2v) is 6.13. The van der Waals surface area contributed by atoms with Crippen molar-refractivity contribution in [3.63, 3.8) is 0 Å². The van der Waals surface area contributed by atoms with Crippen LogP contribution in [-0.4, -0.2) is 33.9 Å². The smallest absolute Gasteiger partial charge is 0.407 e. The Morgan fingerprint density at radius 1 is 1.19 bits per heavy atom. The van der Waals surface area contributed by atoms with Crippen LogP contribution in [0.3, 0.4) is 0 Å². The first-order valence-corrected chi connectivity index (χ1v) is 8.51. The van der Waals surface area contributed by atoms with Crippen molar-refractivity contribution in [3.8, 4) is 0 Å². The number of ether oxygens (including phenoxy) is 1. The minimum Gasteiger partial charge on any atom is -0.445 e. The number of hydrogen-bond acceptors (Lipinski definition) is 6. The maximum atomic E-state index is 11.6. The first-order chi connectivity index (χ1) is 12.9. The Labute approximate surface area is 160 Å². The third-order valence-corrected chi connectivity index (χ3v) is 4.14. The fraction of sp³-hybridized carbons (Fsp3) is 0.278. The van der Waals surface area contributed by atoms with Gasteiger partial charge in [0.1, 0.15) is 12.7 Å². The first kappa shape index (κ1) is 20.6. The Kier molecular flexibility index (Phi) is 7.54. The minimum atomic E-state index is -1.57. The van der Waals surface area contributed by atoms with Crippen LogP contribution < -0.4 is 5.32 Å². The molecule has 0 aliphatic carbocycles. The number of aliphatic hydroxyl groups is 2. The van der Waals surface area contributed by atoms with E-state index in [1.807, 2.05) is 30.3 Å². The minimum absolute atomic E-state index is 0.00407. The summed E-state index contributed by atoms with van der Waals surface area (Å²) in [4.78, 5) is 22.0. The highest BCUT2D eigenvalue weighted by atomic mass is 35.5. The molecule has 0 fully saturated rings. The number of rotatable bonds is 8. The number of aliphatic hydroxyl groups excluding tert-OH is 2. The largest absolute Gasteiger partial charge is 0.445 e. The van der Waals surface area contributed by atoms with Gasteiger partial charge in [-0.15, -0.1) is 0 Å².